The van der Waals surface area contributed by atoms with Gasteiger partial charge >= 0.3 is 11.8 Å². The van der Waals surface area contributed by atoms with Crippen LogP contribution in [0.2, 0.25) is 0 Å². The molecule has 7 nitrogen and oxygen atoms in total. The Morgan fingerprint density at radius 2 is 2.04 bits per heavy atom. The minimum atomic E-state index is -0.552. The molecule has 0 bridgehead atoms. The fourth-order valence-electron chi connectivity index (χ4n) is 3.02. The summed E-state index contributed by atoms with van der Waals surface area (Å²) >= 11 is 0. The molecule has 2 heterocycles. The summed E-state index contributed by atoms with van der Waals surface area (Å²) in [4.78, 5) is 14.1. The summed E-state index contributed by atoms with van der Waals surface area (Å²) in [6.07, 6.45) is 1.09. The van der Waals surface area contributed by atoms with Gasteiger partial charge in [-0.3, -0.25) is 4.57 Å². The standard InChI is InChI=1S/C19H16FN3O4/c20-15-7-5-13(6-8-15)17-4-2-1-3-14(17)11-26-16-9-22-10-18(23(24)25)21-19(22)27-12-16/h1-8,10,16H,9,11-12H2/t16-/m0/s1. The Labute approximate surface area is 154 Å². The van der Waals surface area contributed by atoms with Gasteiger partial charge in [-0.25, -0.2) is 4.39 Å². The number of rotatable bonds is 5. The third-order valence-corrected chi connectivity index (χ3v) is 4.36. The maximum atomic E-state index is 13.2. The predicted octanol–water partition coefficient (Wildman–Crippen LogP) is 3.58. The van der Waals surface area contributed by atoms with Crippen molar-refractivity contribution >= 4 is 5.82 Å². The normalized spacial score (nSPS) is 15.8. The van der Waals surface area contributed by atoms with E-state index >= 15 is 0 Å². The van der Waals surface area contributed by atoms with Gasteiger partial charge in [0.25, 0.3) is 0 Å². The van der Waals surface area contributed by atoms with Crippen molar-refractivity contribution in [2.45, 2.75) is 19.3 Å². The molecule has 0 saturated carbocycles. The molecule has 4 rings (SSSR count). The Morgan fingerprint density at radius 1 is 1.26 bits per heavy atom. The molecule has 0 amide bonds. The molecule has 0 aliphatic carbocycles. The van der Waals surface area contributed by atoms with Crippen LogP contribution in [0.1, 0.15) is 5.56 Å². The van der Waals surface area contributed by atoms with Gasteiger partial charge in [0.1, 0.15) is 24.7 Å². The van der Waals surface area contributed by atoms with E-state index in [1.807, 2.05) is 24.3 Å². The quantitative estimate of drug-likeness (QED) is 0.507. The van der Waals surface area contributed by atoms with Crippen molar-refractivity contribution in [1.29, 1.82) is 0 Å². The fraction of sp³-hybridized carbons (Fsp3) is 0.211. The van der Waals surface area contributed by atoms with Gasteiger partial charge in [0.2, 0.25) is 0 Å². The molecule has 0 N–H and O–H groups in total. The first kappa shape index (κ1) is 17.2. The molecule has 0 unspecified atom stereocenters. The monoisotopic (exact) mass is 369 g/mol. The van der Waals surface area contributed by atoms with Gasteiger partial charge in [-0.15, -0.1) is 0 Å². The highest BCUT2D eigenvalue weighted by Crippen LogP contribution is 2.26. The molecule has 0 radical (unpaired) electrons. The Bertz CT molecular complexity index is 971. The molecule has 1 atom stereocenters. The van der Waals surface area contributed by atoms with Crippen LogP contribution in [0.15, 0.2) is 54.7 Å². The molecule has 8 heteroatoms. The molecule has 0 fully saturated rings. The minimum Gasteiger partial charge on any atom is -0.443 e. The van der Waals surface area contributed by atoms with E-state index in [1.54, 1.807) is 16.7 Å². The van der Waals surface area contributed by atoms with E-state index in [2.05, 4.69) is 4.98 Å². The summed E-state index contributed by atoms with van der Waals surface area (Å²) in [6.45, 7) is 1.04. The first-order valence-corrected chi connectivity index (χ1v) is 8.40. The van der Waals surface area contributed by atoms with Gasteiger partial charge in [0.15, 0.2) is 0 Å². The number of hydrogen-bond acceptors (Lipinski definition) is 5. The van der Waals surface area contributed by atoms with Gasteiger partial charge in [-0.2, -0.15) is 0 Å². The molecule has 1 aliphatic heterocycles. The van der Waals surface area contributed by atoms with Crippen molar-refractivity contribution in [3.8, 4) is 17.1 Å². The molecule has 0 saturated heterocycles. The lowest BCUT2D eigenvalue weighted by Gasteiger charge is -2.23. The van der Waals surface area contributed by atoms with Crippen molar-refractivity contribution in [1.82, 2.24) is 9.55 Å². The average molecular weight is 369 g/mol. The SMILES string of the molecule is O=[N+]([O-])c1cn2c(n1)OC[C@@H](OCc1ccccc1-c1ccc(F)cc1)C2. The summed E-state index contributed by atoms with van der Waals surface area (Å²) < 4.78 is 26.2. The van der Waals surface area contributed by atoms with E-state index in [-0.39, 0.29) is 30.4 Å². The second-order valence-electron chi connectivity index (χ2n) is 6.20. The van der Waals surface area contributed by atoms with Gasteiger partial charge in [-0.1, -0.05) is 36.4 Å². The number of nitro groups is 1. The Hall–Kier alpha value is -3.26. The summed E-state index contributed by atoms with van der Waals surface area (Å²) in [6, 6.07) is 14.3. The molecule has 1 aliphatic rings. The number of hydrogen-bond donors (Lipinski definition) is 0. The highest BCUT2D eigenvalue weighted by atomic mass is 19.1. The zero-order valence-corrected chi connectivity index (χ0v) is 14.2. The highest BCUT2D eigenvalue weighted by molar-refractivity contribution is 5.67. The van der Waals surface area contributed by atoms with E-state index in [4.69, 9.17) is 9.47 Å². The molecule has 3 aromatic rings. The smallest absolute Gasteiger partial charge is 0.414 e. The first-order chi connectivity index (χ1) is 13.1. The van der Waals surface area contributed by atoms with Crippen molar-refractivity contribution in [3.63, 3.8) is 0 Å². The van der Waals surface area contributed by atoms with Crippen LogP contribution in [0, 0.1) is 15.9 Å². The summed E-state index contributed by atoms with van der Waals surface area (Å²) in [7, 11) is 0. The highest BCUT2D eigenvalue weighted by Gasteiger charge is 2.28. The minimum absolute atomic E-state index is 0.230. The van der Waals surface area contributed by atoms with Gasteiger partial charge in [0.05, 0.1) is 13.2 Å². The molecule has 2 aromatic carbocycles. The number of aromatic nitrogens is 2. The van der Waals surface area contributed by atoms with E-state index < -0.39 is 4.92 Å². The third-order valence-electron chi connectivity index (χ3n) is 4.36. The van der Waals surface area contributed by atoms with Crippen LogP contribution in [0.4, 0.5) is 10.2 Å². The van der Waals surface area contributed by atoms with Crippen LogP contribution in [0.25, 0.3) is 11.1 Å². The topological polar surface area (TPSA) is 79.4 Å². The maximum absolute atomic E-state index is 13.2. The molecule has 0 spiro atoms. The zero-order valence-electron chi connectivity index (χ0n) is 14.2. The summed E-state index contributed by atoms with van der Waals surface area (Å²) in [5.74, 6) is -0.524. The summed E-state index contributed by atoms with van der Waals surface area (Å²) in [5, 5.41) is 10.8. The van der Waals surface area contributed by atoms with E-state index in [0.717, 1.165) is 16.7 Å². The second-order valence-corrected chi connectivity index (χ2v) is 6.20. The van der Waals surface area contributed by atoms with Crippen molar-refractivity contribution in [2.24, 2.45) is 0 Å². The van der Waals surface area contributed by atoms with Crippen molar-refractivity contribution < 1.29 is 18.8 Å². The number of imidazole rings is 1. The van der Waals surface area contributed by atoms with Crippen molar-refractivity contribution in [3.05, 3.63) is 76.2 Å². The summed E-state index contributed by atoms with van der Waals surface area (Å²) in [5.41, 5.74) is 2.84. The first-order valence-electron chi connectivity index (χ1n) is 8.40. The molecular weight excluding hydrogens is 353 g/mol. The predicted molar refractivity (Wildman–Crippen MR) is 94.8 cm³/mol. The van der Waals surface area contributed by atoms with Crippen molar-refractivity contribution in [2.75, 3.05) is 6.61 Å². The maximum Gasteiger partial charge on any atom is 0.414 e. The number of halogens is 1. The van der Waals surface area contributed by atoms with Crippen LogP contribution in [0.5, 0.6) is 6.01 Å². The molecule has 27 heavy (non-hydrogen) atoms. The van der Waals surface area contributed by atoms with Crippen LogP contribution in [-0.4, -0.2) is 27.2 Å². The van der Waals surface area contributed by atoms with Crippen LogP contribution < -0.4 is 4.74 Å². The van der Waals surface area contributed by atoms with E-state index in [1.165, 1.54) is 18.3 Å². The van der Waals surface area contributed by atoms with E-state index in [0.29, 0.717) is 13.2 Å². The largest absolute Gasteiger partial charge is 0.443 e. The Balaban J connectivity index is 1.46. The second kappa shape index (κ2) is 7.16. The lowest BCUT2D eigenvalue weighted by molar-refractivity contribution is -0.389. The third kappa shape index (κ3) is 3.65. The van der Waals surface area contributed by atoms with E-state index in [9.17, 15) is 14.5 Å². The number of ether oxygens (including phenoxy) is 2. The lowest BCUT2D eigenvalue weighted by atomic mass is 10.0. The number of nitrogens with zero attached hydrogens (tertiary/aromatic N) is 3. The van der Waals surface area contributed by atoms with Gasteiger partial charge in [-0.05, 0) is 33.7 Å². The fourth-order valence-corrected chi connectivity index (χ4v) is 3.02. The number of fused-ring (bicyclic) bond motifs is 1. The lowest BCUT2D eigenvalue weighted by Crippen LogP contribution is -2.32. The number of benzene rings is 2. The zero-order chi connectivity index (χ0) is 18.8. The van der Waals surface area contributed by atoms with Crippen LogP contribution in [0.3, 0.4) is 0 Å². The Morgan fingerprint density at radius 3 is 2.81 bits per heavy atom. The molecule has 138 valence electrons. The van der Waals surface area contributed by atoms with Gasteiger partial charge in [0, 0.05) is 4.98 Å². The Kier molecular flexibility index (Phi) is 4.55. The molecule has 1 aromatic heterocycles. The van der Waals surface area contributed by atoms with Crippen LogP contribution in [-0.2, 0) is 17.9 Å². The van der Waals surface area contributed by atoms with Gasteiger partial charge < -0.3 is 19.6 Å². The molecular formula is C19H16FN3O4. The average Bonchev–Trinajstić information content (AvgIpc) is 3.11. The van der Waals surface area contributed by atoms with Crippen LogP contribution >= 0.6 is 0 Å².